The van der Waals surface area contributed by atoms with Crippen LogP contribution in [0.4, 0.5) is 0 Å². The number of nitrogens with zero attached hydrogens (tertiary/aromatic N) is 1. The minimum atomic E-state index is 0.707. The third-order valence-corrected chi connectivity index (χ3v) is 4.32. The van der Waals surface area contributed by atoms with Crippen LogP contribution in [-0.4, -0.2) is 9.55 Å². The Bertz CT molecular complexity index is 833. The molecule has 0 spiro atoms. The highest BCUT2D eigenvalue weighted by Crippen LogP contribution is 2.26. The van der Waals surface area contributed by atoms with Crippen molar-refractivity contribution in [1.29, 1.82) is 0 Å². The number of aryl methyl sites for hydroxylation is 1. The van der Waals surface area contributed by atoms with Gasteiger partial charge >= 0.3 is 0 Å². The lowest BCUT2D eigenvalue weighted by atomic mass is 10.2. The molecule has 96 valence electrons. The average molecular weight is 398 g/mol. The second-order valence-corrected chi connectivity index (χ2v) is 6.58. The van der Waals surface area contributed by atoms with Gasteiger partial charge in [-0.2, -0.15) is 0 Å². The van der Waals surface area contributed by atoms with Crippen molar-refractivity contribution in [2.75, 3.05) is 0 Å². The van der Waals surface area contributed by atoms with Gasteiger partial charge in [0.1, 0.15) is 0 Å². The van der Waals surface area contributed by atoms with Gasteiger partial charge in [-0.05, 0) is 61.1 Å². The molecule has 0 unspecified atom stereocenters. The van der Waals surface area contributed by atoms with Crippen molar-refractivity contribution in [1.82, 2.24) is 9.55 Å². The predicted octanol–water partition coefficient (Wildman–Crippen LogP) is 5.52. The van der Waals surface area contributed by atoms with Crippen LogP contribution in [0.15, 0.2) is 45.3 Å². The Kier molecular flexibility index (Phi) is 3.37. The highest BCUT2D eigenvalue weighted by molar-refractivity contribution is 9.10. The largest absolute Gasteiger partial charge is 0.330 e. The topological polar surface area (TPSA) is 20.7 Å². The lowest BCUT2D eigenvalue weighted by Crippen LogP contribution is -1.96. The van der Waals surface area contributed by atoms with E-state index in [0.717, 1.165) is 25.7 Å². The second-order valence-electron chi connectivity index (χ2n) is 4.36. The first-order chi connectivity index (χ1) is 9.06. The molecule has 19 heavy (non-hydrogen) atoms. The van der Waals surface area contributed by atoms with Crippen LogP contribution in [0.3, 0.4) is 0 Å². The van der Waals surface area contributed by atoms with E-state index in [4.69, 9.17) is 12.2 Å². The first kappa shape index (κ1) is 13.1. The molecule has 1 heterocycles. The molecule has 3 rings (SSSR count). The van der Waals surface area contributed by atoms with E-state index in [1.807, 2.05) is 18.2 Å². The summed E-state index contributed by atoms with van der Waals surface area (Å²) in [7, 11) is 0. The Hall–Kier alpha value is -0.910. The van der Waals surface area contributed by atoms with Crippen LogP contribution in [0, 0.1) is 11.7 Å². The smallest absolute Gasteiger partial charge is 0.182 e. The van der Waals surface area contributed by atoms with Gasteiger partial charge in [0.05, 0.1) is 16.7 Å². The van der Waals surface area contributed by atoms with Gasteiger partial charge in [-0.15, -0.1) is 0 Å². The van der Waals surface area contributed by atoms with Gasteiger partial charge in [0.15, 0.2) is 4.77 Å². The van der Waals surface area contributed by atoms with E-state index in [2.05, 4.69) is 66.5 Å². The van der Waals surface area contributed by atoms with Crippen LogP contribution in [0.5, 0.6) is 0 Å². The summed E-state index contributed by atoms with van der Waals surface area (Å²) in [5.74, 6) is 0. The van der Waals surface area contributed by atoms with Crippen molar-refractivity contribution in [3.8, 4) is 5.69 Å². The Morgan fingerprint density at radius 2 is 1.74 bits per heavy atom. The Morgan fingerprint density at radius 1 is 1.05 bits per heavy atom. The molecule has 0 saturated carbocycles. The molecule has 5 heteroatoms. The number of halogens is 2. The first-order valence-electron chi connectivity index (χ1n) is 5.73. The van der Waals surface area contributed by atoms with E-state index in [9.17, 15) is 0 Å². The molecule has 1 aromatic heterocycles. The maximum absolute atomic E-state index is 5.45. The van der Waals surface area contributed by atoms with E-state index in [0.29, 0.717) is 4.77 Å². The summed E-state index contributed by atoms with van der Waals surface area (Å²) < 4.78 is 4.89. The summed E-state index contributed by atoms with van der Waals surface area (Å²) in [5.41, 5.74) is 4.39. The Labute approximate surface area is 132 Å². The van der Waals surface area contributed by atoms with Gasteiger partial charge in [-0.3, -0.25) is 4.57 Å². The van der Waals surface area contributed by atoms with E-state index in [1.54, 1.807) is 0 Å². The van der Waals surface area contributed by atoms with Gasteiger partial charge in [-0.25, -0.2) is 0 Å². The number of nitrogens with one attached hydrogen (secondary N) is 1. The van der Waals surface area contributed by atoms with E-state index < -0.39 is 0 Å². The monoisotopic (exact) mass is 396 g/mol. The van der Waals surface area contributed by atoms with Crippen LogP contribution in [0.2, 0.25) is 0 Å². The lowest BCUT2D eigenvalue weighted by molar-refractivity contribution is 1.05. The molecular formula is C14H10Br2N2S. The molecule has 0 saturated heterocycles. The number of H-pyrrole nitrogens is 1. The standard InChI is InChI=1S/C14H10Br2N2S/c1-8-6-9(15)2-4-12(8)18-13-5-3-10(16)7-11(13)17-14(18)19/h2-7H,1H3,(H,17,19). The maximum Gasteiger partial charge on any atom is 0.182 e. The van der Waals surface area contributed by atoms with Crippen molar-refractivity contribution in [3.63, 3.8) is 0 Å². The third-order valence-electron chi connectivity index (χ3n) is 3.04. The Balaban J connectivity index is 2.36. The highest BCUT2D eigenvalue weighted by Gasteiger charge is 2.09. The predicted molar refractivity (Wildman–Crippen MR) is 88.6 cm³/mol. The molecule has 2 nitrogen and oxygen atoms in total. The Morgan fingerprint density at radius 3 is 2.47 bits per heavy atom. The summed E-state index contributed by atoms with van der Waals surface area (Å²) in [6.45, 7) is 2.08. The number of aromatic nitrogens is 2. The number of rotatable bonds is 1. The second kappa shape index (κ2) is 4.89. The van der Waals surface area contributed by atoms with Gasteiger partial charge in [0.2, 0.25) is 0 Å². The molecule has 0 aliphatic carbocycles. The SMILES string of the molecule is Cc1cc(Br)ccc1-n1c(=S)[nH]c2cc(Br)ccc21. The molecule has 2 aromatic carbocycles. The summed E-state index contributed by atoms with van der Waals surface area (Å²) in [6, 6.07) is 12.3. The fraction of sp³-hybridized carbons (Fsp3) is 0.0714. The van der Waals surface area contributed by atoms with Crippen molar-refractivity contribution in [2.24, 2.45) is 0 Å². The van der Waals surface area contributed by atoms with E-state index >= 15 is 0 Å². The number of hydrogen-bond donors (Lipinski definition) is 1. The van der Waals surface area contributed by atoms with Crippen LogP contribution in [-0.2, 0) is 0 Å². The molecule has 0 aliphatic heterocycles. The number of aromatic amines is 1. The maximum atomic E-state index is 5.45. The normalized spacial score (nSPS) is 11.1. The summed E-state index contributed by atoms with van der Waals surface area (Å²) in [6.07, 6.45) is 0. The lowest BCUT2D eigenvalue weighted by Gasteiger charge is -2.08. The zero-order valence-corrected chi connectivity index (χ0v) is 14.1. The van der Waals surface area contributed by atoms with Gasteiger partial charge < -0.3 is 4.98 Å². The van der Waals surface area contributed by atoms with Crippen molar-refractivity contribution < 1.29 is 0 Å². The number of benzene rings is 2. The van der Waals surface area contributed by atoms with Crippen LogP contribution >= 0.6 is 44.1 Å². The van der Waals surface area contributed by atoms with Gasteiger partial charge in [0, 0.05) is 8.95 Å². The molecule has 0 fully saturated rings. The molecule has 0 amide bonds. The van der Waals surface area contributed by atoms with Crippen molar-refractivity contribution in [2.45, 2.75) is 6.92 Å². The van der Waals surface area contributed by atoms with Crippen LogP contribution < -0.4 is 0 Å². The zero-order valence-electron chi connectivity index (χ0n) is 10.1. The van der Waals surface area contributed by atoms with Crippen LogP contribution in [0.1, 0.15) is 5.56 Å². The van der Waals surface area contributed by atoms with Gasteiger partial charge in [0.25, 0.3) is 0 Å². The first-order valence-corrected chi connectivity index (χ1v) is 7.72. The summed E-state index contributed by atoms with van der Waals surface area (Å²) in [5, 5.41) is 0. The summed E-state index contributed by atoms with van der Waals surface area (Å²) >= 11 is 12.4. The third kappa shape index (κ3) is 2.30. The molecule has 0 atom stereocenters. The number of imidazole rings is 1. The van der Waals surface area contributed by atoms with Crippen molar-refractivity contribution >= 4 is 55.1 Å². The fourth-order valence-corrected chi connectivity index (χ4v) is 3.34. The molecule has 0 aliphatic rings. The molecule has 0 radical (unpaired) electrons. The van der Waals surface area contributed by atoms with Gasteiger partial charge in [-0.1, -0.05) is 31.9 Å². The molecule has 0 bridgehead atoms. The van der Waals surface area contributed by atoms with Crippen LogP contribution in [0.25, 0.3) is 16.7 Å². The minimum Gasteiger partial charge on any atom is -0.330 e. The molecular weight excluding hydrogens is 388 g/mol. The van der Waals surface area contributed by atoms with Crippen molar-refractivity contribution in [3.05, 3.63) is 55.7 Å². The quantitative estimate of drug-likeness (QED) is 0.536. The number of hydrogen-bond acceptors (Lipinski definition) is 1. The van der Waals surface area contributed by atoms with E-state index in [1.165, 1.54) is 5.56 Å². The summed E-state index contributed by atoms with van der Waals surface area (Å²) in [4.78, 5) is 3.24. The number of fused-ring (bicyclic) bond motifs is 1. The molecule has 3 aromatic rings. The zero-order chi connectivity index (χ0) is 13.6. The minimum absolute atomic E-state index is 0.707. The average Bonchev–Trinajstić information content (AvgIpc) is 2.65. The fourth-order valence-electron chi connectivity index (χ4n) is 2.19. The highest BCUT2D eigenvalue weighted by atomic mass is 79.9. The van der Waals surface area contributed by atoms with E-state index in [-0.39, 0.29) is 0 Å². The molecule has 1 N–H and O–H groups in total.